The average Bonchev–Trinajstić information content (AvgIpc) is 2.32. The Bertz CT molecular complexity index is 627. The van der Waals surface area contributed by atoms with E-state index in [1.165, 1.54) is 0 Å². The molecule has 2 radical (unpaired) electrons. The van der Waals surface area contributed by atoms with Crippen LogP contribution in [0.25, 0.3) is 21.5 Å². The molecule has 0 aliphatic rings. The van der Waals surface area contributed by atoms with E-state index in [0.29, 0.717) is 0 Å². The predicted molar refractivity (Wildman–Crippen MR) is 59.0 cm³/mol. The maximum Gasteiger partial charge on any atom is 0.139 e. The molecule has 0 N–H and O–H groups in total. The lowest BCUT2D eigenvalue weighted by atomic mass is 10.0. The molecule has 3 rings (SSSR count). The van der Waals surface area contributed by atoms with Gasteiger partial charge in [-0.05, 0) is 41.1 Å². The van der Waals surface area contributed by atoms with Gasteiger partial charge < -0.3 is 0 Å². The Morgan fingerprint density at radius 3 is 2.62 bits per heavy atom. The Kier molecular flexibility index (Phi) is 1.90. The van der Waals surface area contributed by atoms with E-state index < -0.39 is 11.6 Å². The van der Waals surface area contributed by atoms with Gasteiger partial charge in [-0.15, -0.1) is 0 Å². The molecule has 0 fully saturated rings. The SMILES string of the molecule is Fc1[c]cc(F)c2cc3c[c]ccc3cc12. The van der Waals surface area contributed by atoms with Gasteiger partial charge in [-0.3, -0.25) is 0 Å². The molecular formula is C14H6F2. The molecule has 0 aliphatic heterocycles. The van der Waals surface area contributed by atoms with Crippen LogP contribution < -0.4 is 0 Å². The number of halogens is 2. The molecule has 0 aromatic heterocycles. The molecule has 2 heteroatoms. The minimum atomic E-state index is -0.522. The van der Waals surface area contributed by atoms with Crippen molar-refractivity contribution in [3.8, 4) is 0 Å². The summed E-state index contributed by atoms with van der Waals surface area (Å²) in [5, 5.41) is 2.26. The van der Waals surface area contributed by atoms with Crippen molar-refractivity contribution in [2.75, 3.05) is 0 Å². The lowest BCUT2D eigenvalue weighted by Crippen LogP contribution is -1.85. The number of hydrogen-bond acceptors (Lipinski definition) is 0. The van der Waals surface area contributed by atoms with Crippen molar-refractivity contribution in [2.45, 2.75) is 0 Å². The lowest BCUT2D eigenvalue weighted by Gasteiger charge is -2.03. The van der Waals surface area contributed by atoms with Crippen molar-refractivity contribution in [3.05, 3.63) is 60.2 Å². The third-order valence-electron chi connectivity index (χ3n) is 2.64. The Morgan fingerprint density at radius 1 is 0.938 bits per heavy atom. The van der Waals surface area contributed by atoms with Crippen LogP contribution in [0.5, 0.6) is 0 Å². The van der Waals surface area contributed by atoms with E-state index in [2.05, 4.69) is 12.1 Å². The fourth-order valence-electron chi connectivity index (χ4n) is 1.84. The van der Waals surface area contributed by atoms with Crippen LogP contribution in [-0.4, -0.2) is 0 Å². The van der Waals surface area contributed by atoms with Gasteiger partial charge in [0.05, 0.1) is 0 Å². The highest BCUT2D eigenvalue weighted by molar-refractivity contribution is 5.98. The minimum Gasteiger partial charge on any atom is -0.206 e. The second-order valence-electron chi connectivity index (χ2n) is 3.62. The highest BCUT2D eigenvalue weighted by Gasteiger charge is 2.07. The summed E-state index contributed by atoms with van der Waals surface area (Å²) in [5.74, 6) is -0.978. The predicted octanol–water partition coefficient (Wildman–Crippen LogP) is 3.87. The van der Waals surface area contributed by atoms with Gasteiger partial charge in [-0.1, -0.05) is 12.1 Å². The molecule has 16 heavy (non-hydrogen) atoms. The average molecular weight is 212 g/mol. The maximum absolute atomic E-state index is 13.5. The largest absolute Gasteiger partial charge is 0.206 e. The topological polar surface area (TPSA) is 0 Å². The van der Waals surface area contributed by atoms with Crippen LogP contribution in [0.4, 0.5) is 8.78 Å². The van der Waals surface area contributed by atoms with E-state index in [1.54, 1.807) is 24.3 Å². The van der Waals surface area contributed by atoms with Crippen LogP contribution in [0.2, 0.25) is 0 Å². The van der Waals surface area contributed by atoms with Crippen LogP contribution in [0.1, 0.15) is 0 Å². The smallest absolute Gasteiger partial charge is 0.139 e. The molecule has 76 valence electrons. The summed E-state index contributed by atoms with van der Waals surface area (Å²) in [6, 6.07) is 14.8. The first-order chi connectivity index (χ1) is 7.75. The normalized spacial score (nSPS) is 11.1. The van der Waals surface area contributed by atoms with E-state index in [9.17, 15) is 8.78 Å². The highest BCUT2D eigenvalue weighted by atomic mass is 19.1. The van der Waals surface area contributed by atoms with Crippen molar-refractivity contribution in [1.82, 2.24) is 0 Å². The van der Waals surface area contributed by atoms with Gasteiger partial charge in [0.2, 0.25) is 0 Å². The molecule has 3 aromatic rings. The van der Waals surface area contributed by atoms with Crippen LogP contribution in [0, 0.1) is 23.8 Å². The molecule has 0 saturated heterocycles. The molecule has 0 saturated carbocycles. The first-order valence-corrected chi connectivity index (χ1v) is 4.85. The molecule has 0 amide bonds. The van der Waals surface area contributed by atoms with Crippen molar-refractivity contribution in [3.63, 3.8) is 0 Å². The van der Waals surface area contributed by atoms with Crippen LogP contribution in [0.15, 0.2) is 36.4 Å². The summed E-state index contributed by atoms with van der Waals surface area (Å²) in [6.07, 6.45) is 0. The van der Waals surface area contributed by atoms with Crippen molar-refractivity contribution in [2.24, 2.45) is 0 Å². The molecule has 0 nitrogen and oxygen atoms in total. The van der Waals surface area contributed by atoms with Crippen LogP contribution in [-0.2, 0) is 0 Å². The lowest BCUT2D eigenvalue weighted by molar-refractivity contribution is 0.616. The molecule has 3 aromatic carbocycles. The monoisotopic (exact) mass is 212 g/mol. The van der Waals surface area contributed by atoms with Crippen molar-refractivity contribution in [1.29, 1.82) is 0 Å². The van der Waals surface area contributed by atoms with E-state index in [-0.39, 0.29) is 10.8 Å². The standard InChI is InChI=1S/C14H6F2/c15-13-5-6-14(16)12-8-10-4-2-1-3-9(10)7-11(12)13/h1,3-4,6-8H. The summed E-state index contributed by atoms with van der Waals surface area (Å²) in [4.78, 5) is 0. The Labute approximate surface area is 91.1 Å². The zero-order chi connectivity index (χ0) is 11.1. The third-order valence-corrected chi connectivity index (χ3v) is 2.64. The first kappa shape index (κ1) is 9.28. The van der Waals surface area contributed by atoms with Gasteiger partial charge in [-0.2, -0.15) is 0 Å². The zero-order valence-corrected chi connectivity index (χ0v) is 8.22. The number of rotatable bonds is 0. The number of hydrogen-bond donors (Lipinski definition) is 0. The molecule has 0 atom stereocenters. The van der Waals surface area contributed by atoms with Gasteiger partial charge in [-0.25, -0.2) is 8.78 Å². The van der Waals surface area contributed by atoms with Gasteiger partial charge in [0.1, 0.15) is 11.6 Å². The summed E-state index contributed by atoms with van der Waals surface area (Å²) in [7, 11) is 0. The van der Waals surface area contributed by atoms with Gasteiger partial charge >= 0.3 is 0 Å². The molecule has 0 unspecified atom stereocenters. The Morgan fingerprint density at radius 2 is 1.75 bits per heavy atom. The zero-order valence-electron chi connectivity index (χ0n) is 8.22. The summed E-state index contributed by atoms with van der Waals surface area (Å²) >= 11 is 0. The Balaban J connectivity index is 2.56. The van der Waals surface area contributed by atoms with Crippen LogP contribution >= 0.6 is 0 Å². The van der Waals surface area contributed by atoms with Gasteiger partial charge in [0, 0.05) is 16.8 Å². The number of fused-ring (bicyclic) bond motifs is 2. The summed E-state index contributed by atoms with van der Waals surface area (Å²) in [6.45, 7) is 0. The first-order valence-electron chi connectivity index (χ1n) is 4.85. The van der Waals surface area contributed by atoms with E-state index in [1.807, 2.05) is 6.07 Å². The fraction of sp³-hybridized carbons (Fsp3) is 0. The summed E-state index contributed by atoms with van der Waals surface area (Å²) < 4.78 is 27.0. The van der Waals surface area contributed by atoms with E-state index in [4.69, 9.17) is 0 Å². The van der Waals surface area contributed by atoms with E-state index in [0.717, 1.165) is 16.8 Å². The van der Waals surface area contributed by atoms with Crippen molar-refractivity contribution < 1.29 is 8.78 Å². The molecular weight excluding hydrogens is 206 g/mol. The Hall–Kier alpha value is -1.96. The maximum atomic E-state index is 13.5. The highest BCUT2D eigenvalue weighted by Crippen LogP contribution is 2.26. The molecule has 0 spiro atoms. The second kappa shape index (κ2) is 3.27. The van der Waals surface area contributed by atoms with Gasteiger partial charge in [0.15, 0.2) is 0 Å². The summed E-state index contributed by atoms with van der Waals surface area (Å²) in [5.41, 5.74) is 0. The fourth-order valence-corrected chi connectivity index (χ4v) is 1.84. The van der Waals surface area contributed by atoms with Crippen LogP contribution in [0.3, 0.4) is 0 Å². The minimum absolute atomic E-state index is 0.263. The second-order valence-corrected chi connectivity index (χ2v) is 3.62. The third kappa shape index (κ3) is 1.27. The van der Waals surface area contributed by atoms with E-state index >= 15 is 0 Å². The number of benzene rings is 3. The molecule has 0 aliphatic carbocycles. The quantitative estimate of drug-likeness (QED) is 0.496. The molecule has 0 bridgehead atoms. The molecule has 0 heterocycles. The van der Waals surface area contributed by atoms with Gasteiger partial charge in [0.25, 0.3) is 0 Å². The van der Waals surface area contributed by atoms with Crippen molar-refractivity contribution >= 4 is 21.5 Å².